The third kappa shape index (κ3) is 5.49. The van der Waals surface area contributed by atoms with Crippen molar-refractivity contribution < 1.29 is 14.3 Å². The number of imidazole rings is 1. The first-order valence-electron chi connectivity index (χ1n) is 11.2. The van der Waals surface area contributed by atoms with E-state index in [1.165, 1.54) is 0 Å². The van der Waals surface area contributed by atoms with Crippen LogP contribution in [0.15, 0.2) is 55.1 Å². The molecular weight excluding hydrogens is 402 g/mol. The second-order valence-corrected chi connectivity index (χ2v) is 7.73. The summed E-state index contributed by atoms with van der Waals surface area (Å²) in [5, 5.41) is 3.06. The lowest BCUT2D eigenvalue weighted by Gasteiger charge is -2.15. The molecule has 0 fully saturated rings. The van der Waals surface area contributed by atoms with Gasteiger partial charge >= 0.3 is 0 Å². The van der Waals surface area contributed by atoms with Crippen molar-refractivity contribution >= 4 is 16.9 Å². The highest BCUT2D eigenvalue weighted by Gasteiger charge is 2.16. The number of benzene rings is 2. The van der Waals surface area contributed by atoms with Gasteiger partial charge in [0.15, 0.2) is 11.5 Å². The van der Waals surface area contributed by atoms with Gasteiger partial charge < -0.3 is 19.4 Å². The molecule has 32 heavy (non-hydrogen) atoms. The highest BCUT2D eigenvalue weighted by atomic mass is 16.5. The first-order valence-corrected chi connectivity index (χ1v) is 11.2. The van der Waals surface area contributed by atoms with E-state index in [2.05, 4.69) is 16.5 Å². The third-order valence-corrected chi connectivity index (χ3v) is 5.69. The summed E-state index contributed by atoms with van der Waals surface area (Å²) >= 11 is 0. The van der Waals surface area contributed by atoms with Crippen molar-refractivity contribution in [3.8, 4) is 11.5 Å². The molecule has 0 aliphatic carbocycles. The summed E-state index contributed by atoms with van der Waals surface area (Å²) in [6.45, 7) is 9.31. The standard InChI is InChI=1S/C26H33N3O3/c1-5-10-19-13-14-23(24(17-19)31-4)32-16-15-29-22-12-9-8-11-21(22)28-25(29)18-27-26(30)20(6-2)7-3/h5,8-9,11-14,17,20H,1,6-7,10,15-16,18H2,2-4H3,(H,27,30). The predicted molar refractivity (Wildman–Crippen MR) is 128 cm³/mol. The molecule has 0 spiro atoms. The van der Waals surface area contributed by atoms with Crippen LogP contribution in [0.4, 0.5) is 0 Å². The van der Waals surface area contributed by atoms with E-state index in [1.807, 2.05) is 62.4 Å². The van der Waals surface area contributed by atoms with Gasteiger partial charge in [-0.25, -0.2) is 4.98 Å². The van der Waals surface area contributed by atoms with Gasteiger partial charge in [-0.05, 0) is 49.1 Å². The molecule has 0 bridgehead atoms. The number of rotatable bonds is 12. The number of allylic oxidation sites excluding steroid dienone is 1. The van der Waals surface area contributed by atoms with Crippen LogP contribution in [0.5, 0.6) is 11.5 Å². The number of carbonyl (C=O) groups excluding carboxylic acids is 1. The Kier molecular flexibility index (Phi) is 8.31. The van der Waals surface area contributed by atoms with Gasteiger partial charge in [0, 0.05) is 5.92 Å². The Morgan fingerprint density at radius 1 is 1.19 bits per heavy atom. The molecule has 3 aromatic rings. The number of para-hydroxylation sites is 2. The lowest BCUT2D eigenvalue weighted by Crippen LogP contribution is -2.31. The fourth-order valence-corrected chi connectivity index (χ4v) is 3.85. The average molecular weight is 436 g/mol. The van der Waals surface area contributed by atoms with Crippen LogP contribution in [-0.4, -0.2) is 29.2 Å². The van der Waals surface area contributed by atoms with E-state index >= 15 is 0 Å². The maximum atomic E-state index is 12.5. The lowest BCUT2D eigenvalue weighted by atomic mass is 10.0. The van der Waals surface area contributed by atoms with Crippen LogP contribution < -0.4 is 14.8 Å². The Morgan fingerprint density at radius 2 is 1.97 bits per heavy atom. The van der Waals surface area contributed by atoms with Crippen molar-refractivity contribution in [1.82, 2.24) is 14.9 Å². The first-order chi connectivity index (χ1) is 15.6. The van der Waals surface area contributed by atoms with Gasteiger partial charge in [0.1, 0.15) is 12.4 Å². The Bertz CT molecular complexity index is 1050. The summed E-state index contributed by atoms with van der Waals surface area (Å²) in [6, 6.07) is 13.9. The number of ether oxygens (including phenoxy) is 2. The predicted octanol–water partition coefficient (Wildman–Crippen LogP) is 4.90. The van der Waals surface area contributed by atoms with Gasteiger partial charge in [-0.15, -0.1) is 6.58 Å². The summed E-state index contributed by atoms with van der Waals surface area (Å²) < 4.78 is 13.7. The van der Waals surface area contributed by atoms with Crippen molar-refractivity contribution in [1.29, 1.82) is 0 Å². The van der Waals surface area contributed by atoms with Crippen LogP contribution in [0.2, 0.25) is 0 Å². The largest absolute Gasteiger partial charge is 0.493 e. The highest BCUT2D eigenvalue weighted by Crippen LogP contribution is 2.28. The molecule has 170 valence electrons. The molecule has 0 saturated heterocycles. The molecule has 0 aliphatic rings. The van der Waals surface area contributed by atoms with Crippen molar-refractivity contribution in [2.75, 3.05) is 13.7 Å². The second kappa shape index (κ2) is 11.4. The molecule has 0 radical (unpaired) electrons. The number of nitrogens with zero attached hydrogens (tertiary/aromatic N) is 2. The number of methoxy groups -OCH3 is 1. The number of fused-ring (bicyclic) bond motifs is 1. The van der Waals surface area contributed by atoms with Crippen molar-refractivity contribution in [3.05, 3.63) is 66.5 Å². The normalized spacial score (nSPS) is 11.0. The summed E-state index contributed by atoms with van der Waals surface area (Å²) in [7, 11) is 1.64. The minimum Gasteiger partial charge on any atom is -0.493 e. The zero-order valence-electron chi connectivity index (χ0n) is 19.3. The van der Waals surface area contributed by atoms with E-state index in [4.69, 9.17) is 14.5 Å². The molecule has 0 atom stereocenters. The molecule has 1 amide bonds. The molecule has 1 heterocycles. The zero-order chi connectivity index (χ0) is 22.9. The van der Waals surface area contributed by atoms with E-state index < -0.39 is 0 Å². The summed E-state index contributed by atoms with van der Waals surface area (Å²) in [6.07, 6.45) is 4.31. The Labute approximate surface area is 190 Å². The van der Waals surface area contributed by atoms with Gasteiger partial charge in [-0.2, -0.15) is 0 Å². The SMILES string of the molecule is C=CCc1ccc(OCCn2c(CNC(=O)C(CC)CC)nc3ccccc32)c(OC)c1. The number of aromatic nitrogens is 2. The van der Waals surface area contributed by atoms with E-state index in [0.717, 1.165) is 41.7 Å². The summed E-state index contributed by atoms with van der Waals surface area (Å²) in [4.78, 5) is 17.2. The van der Waals surface area contributed by atoms with E-state index in [1.54, 1.807) is 7.11 Å². The summed E-state index contributed by atoms with van der Waals surface area (Å²) in [5.41, 5.74) is 3.06. The number of amides is 1. The van der Waals surface area contributed by atoms with Gasteiger partial charge in [0.2, 0.25) is 5.91 Å². The first kappa shape index (κ1) is 23.4. The van der Waals surface area contributed by atoms with Crippen molar-refractivity contribution in [3.63, 3.8) is 0 Å². The third-order valence-electron chi connectivity index (χ3n) is 5.69. The monoisotopic (exact) mass is 435 g/mol. The van der Waals surface area contributed by atoms with Gasteiger partial charge in [-0.3, -0.25) is 4.79 Å². The minimum absolute atomic E-state index is 0.0349. The van der Waals surface area contributed by atoms with Crippen molar-refractivity contribution in [2.24, 2.45) is 5.92 Å². The Balaban J connectivity index is 1.73. The minimum atomic E-state index is 0.0349. The highest BCUT2D eigenvalue weighted by molar-refractivity contribution is 5.79. The van der Waals surface area contributed by atoms with Crippen LogP contribution in [0, 0.1) is 5.92 Å². The molecule has 1 N–H and O–H groups in total. The van der Waals surface area contributed by atoms with Gasteiger partial charge in [0.05, 0.1) is 31.2 Å². The van der Waals surface area contributed by atoms with Crippen molar-refractivity contribution in [2.45, 2.75) is 46.2 Å². The number of hydrogen-bond acceptors (Lipinski definition) is 4. The lowest BCUT2D eigenvalue weighted by molar-refractivity contribution is -0.125. The van der Waals surface area contributed by atoms with Crippen LogP contribution in [-0.2, 0) is 24.3 Å². The molecule has 2 aromatic carbocycles. The fraction of sp³-hybridized carbons (Fsp3) is 0.385. The molecule has 1 aromatic heterocycles. The number of nitrogens with one attached hydrogen (secondary N) is 1. The van der Waals surface area contributed by atoms with Gasteiger partial charge in [0.25, 0.3) is 0 Å². The molecule has 0 unspecified atom stereocenters. The van der Waals surface area contributed by atoms with E-state index in [9.17, 15) is 4.79 Å². The van der Waals surface area contributed by atoms with E-state index in [-0.39, 0.29) is 11.8 Å². The number of carbonyl (C=O) groups is 1. The molecule has 0 saturated carbocycles. The van der Waals surface area contributed by atoms with Crippen LogP contribution in [0.25, 0.3) is 11.0 Å². The maximum Gasteiger partial charge on any atom is 0.223 e. The molecule has 6 nitrogen and oxygen atoms in total. The van der Waals surface area contributed by atoms with Crippen LogP contribution in [0.3, 0.4) is 0 Å². The smallest absolute Gasteiger partial charge is 0.223 e. The average Bonchev–Trinajstić information content (AvgIpc) is 3.17. The molecule has 3 rings (SSSR count). The Morgan fingerprint density at radius 3 is 2.69 bits per heavy atom. The topological polar surface area (TPSA) is 65.4 Å². The molecular formula is C26H33N3O3. The van der Waals surface area contributed by atoms with E-state index in [0.29, 0.717) is 31.2 Å². The van der Waals surface area contributed by atoms with Crippen LogP contribution in [0.1, 0.15) is 38.1 Å². The molecule has 6 heteroatoms. The maximum absolute atomic E-state index is 12.5. The number of hydrogen-bond donors (Lipinski definition) is 1. The second-order valence-electron chi connectivity index (χ2n) is 7.73. The fourth-order valence-electron chi connectivity index (χ4n) is 3.85. The quantitative estimate of drug-likeness (QED) is 0.411. The van der Waals surface area contributed by atoms with Crippen LogP contribution >= 0.6 is 0 Å². The summed E-state index contributed by atoms with van der Waals surface area (Å²) in [5.74, 6) is 2.34. The zero-order valence-corrected chi connectivity index (χ0v) is 19.3. The molecule has 0 aliphatic heterocycles. The van der Waals surface area contributed by atoms with Gasteiger partial charge in [-0.1, -0.05) is 38.1 Å². The Hall–Kier alpha value is -3.28.